The molecule has 0 heterocycles. The van der Waals surface area contributed by atoms with Crippen molar-refractivity contribution >= 4 is 53.3 Å². The van der Waals surface area contributed by atoms with Crippen molar-refractivity contribution in [3.63, 3.8) is 0 Å². The standard InChI is InChI=1S/C75H86N8O13/c1-72(2,3)95-57-39-37-50(38-40-57)47-61(70(92)81-62(49-84)71(93)94)80-69(91)60(42-45-64(86)83-75(54-31-19-10-20-32-54,55-33-21-11-22-34-55)56-35-23-12-24-36-56)79-68(90)59(78-67(89)58(77-65(87)48-76)43-46-66(88)96-73(4,5)6)41-44-63(85)82-74(51-25-13-7-14-26-51,52-27-15-8-16-28-52)53-29-17-9-18-30-53/h7-40,58-62,84H,41-49,76H2,1-6H3,(H,77,87)(H,78,89)(H,79,90)(H,80,91)(H,81,92)(H,82,85)(H,83,86)(H,93,94)/t58-,59-,60-,61-,62-/m0/s1. The first-order valence-electron chi connectivity index (χ1n) is 31.8. The van der Waals surface area contributed by atoms with Crippen LogP contribution in [0.25, 0.3) is 0 Å². The highest BCUT2D eigenvalue weighted by Crippen LogP contribution is 2.39. The summed E-state index contributed by atoms with van der Waals surface area (Å²) in [5, 5.41) is 39.3. The first-order chi connectivity index (χ1) is 45.8. The van der Waals surface area contributed by atoms with Gasteiger partial charge in [-0.05, 0) is 112 Å². The fourth-order valence-electron chi connectivity index (χ4n) is 11.1. The molecule has 7 rings (SSSR count). The maximum absolute atomic E-state index is 15.5. The van der Waals surface area contributed by atoms with Crippen LogP contribution >= 0.6 is 0 Å². The van der Waals surface area contributed by atoms with E-state index in [4.69, 9.17) is 15.2 Å². The SMILES string of the molecule is CC(C)(C)OC(=O)CC[C@H](NC(=O)CN)C(=O)N[C@@H](CCC(=O)NC(c1ccccc1)(c1ccccc1)c1ccccc1)C(=O)N[C@@H](CCC(=O)NC(c1ccccc1)(c1ccccc1)c1ccccc1)C(=O)N[C@@H](Cc1ccc(OC(C)(C)C)cc1)C(=O)N[C@@H](CO)C(=O)O. The molecule has 7 aromatic rings. The number of nitrogens with one attached hydrogen (secondary N) is 7. The zero-order chi connectivity index (χ0) is 69.5. The topological polar surface area (TPSA) is 323 Å². The number of benzene rings is 7. The molecule has 7 amide bonds. The Morgan fingerprint density at radius 2 is 0.708 bits per heavy atom. The van der Waals surface area contributed by atoms with E-state index >= 15 is 19.2 Å². The minimum absolute atomic E-state index is 0.274. The Morgan fingerprint density at radius 1 is 0.396 bits per heavy atom. The number of carboxylic acids is 1. The Bertz CT molecular complexity index is 3530. The van der Waals surface area contributed by atoms with Gasteiger partial charge in [-0.15, -0.1) is 0 Å². The Balaban J connectivity index is 1.30. The van der Waals surface area contributed by atoms with Crippen LogP contribution in [0.3, 0.4) is 0 Å². The number of aliphatic hydroxyl groups excluding tert-OH is 1. The van der Waals surface area contributed by atoms with Gasteiger partial charge in [-0.25, -0.2) is 4.79 Å². The highest BCUT2D eigenvalue weighted by atomic mass is 16.6. The number of esters is 1. The summed E-state index contributed by atoms with van der Waals surface area (Å²) in [5.74, 6) is -7.93. The van der Waals surface area contributed by atoms with Crippen LogP contribution in [0.4, 0.5) is 0 Å². The van der Waals surface area contributed by atoms with Gasteiger partial charge in [0.15, 0.2) is 0 Å². The summed E-state index contributed by atoms with van der Waals surface area (Å²) in [4.78, 5) is 128. The molecular formula is C75H86N8O13. The molecule has 0 aliphatic rings. The summed E-state index contributed by atoms with van der Waals surface area (Å²) in [5.41, 5.74) is 6.11. The molecule has 7 aromatic carbocycles. The molecule has 96 heavy (non-hydrogen) atoms. The van der Waals surface area contributed by atoms with Gasteiger partial charge in [0, 0.05) is 25.7 Å². The molecule has 5 atom stereocenters. The molecule has 0 radical (unpaired) electrons. The van der Waals surface area contributed by atoms with Crippen molar-refractivity contribution in [2.24, 2.45) is 5.73 Å². The van der Waals surface area contributed by atoms with Crippen LogP contribution in [-0.2, 0) is 65.4 Å². The fraction of sp³-hybridized carbons (Fsp3) is 0.320. The van der Waals surface area contributed by atoms with E-state index in [9.17, 15) is 34.2 Å². The maximum atomic E-state index is 15.5. The van der Waals surface area contributed by atoms with Gasteiger partial charge in [-0.2, -0.15) is 0 Å². The number of amides is 7. The van der Waals surface area contributed by atoms with Crippen LogP contribution in [0, 0.1) is 0 Å². The van der Waals surface area contributed by atoms with E-state index in [0.29, 0.717) is 44.7 Å². The monoisotopic (exact) mass is 1310 g/mol. The first kappa shape index (κ1) is 72.9. The number of aliphatic carboxylic acids is 1. The summed E-state index contributed by atoms with van der Waals surface area (Å²) in [7, 11) is 0. The molecule has 504 valence electrons. The molecule has 0 spiro atoms. The van der Waals surface area contributed by atoms with Crippen molar-refractivity contribution in [1.29, 1.82) is 0 Å². The van der Waals surface area contributed by atoms with Crippen molar-refractivity contribution in [2.45, 2.75) is 139 Å². The van der Waals surface area contributed by atoms with Crippen molar-refractivity contribution in [3.8, 4) is 5.75 Å². The van der Waals surface area contributed by atoms with Crippen molar-refractivity contribution in [3.05, 3.63) is 245 Å². The van der Waals surface area contributed by atoms with E-state index in [2.05, 4.69) is 37.2 Å². The molecule has 0 aliphatic heterocycles. The van der Waals surface area contributed by atoms with Crippen molar-refractivity contribution in [2.75, 3.05) is 13.2 Å². The second-order valence-electron chi connectivity index (χ2n) is 25.1. The van der Waals surface area contributed by atoms with Crippen molar-refractivity contribution in [1.82, 2.24) is 37.2 Å². The number of hydrogen-bond acceptors (Lipinski definition) is 13. The lowest BCUT2D eigenvalue weighted by atomic mass is 9.77. The maximum Gasteiger partial charge on any atom is 0.328 e. The molecule has 0 fully saturated rings. The molecule has 0 unspecified atom stereocenters. The Hall–Kier alpha value is -10.5. The Kier molecular flexibility index (Phi) is 25.9. The minimum atomic E-state index is -1.81. The summed E-state index contributed by atoms with van der Waals surface area (Å²) >= 11 is 0. The minimum Gasteiger partial charge on any atom is -0.488 e. The molecule has 11 N–H and O–H groups in total. The molecule has 0 aromatic heterocycles. The third-order valence-electron chi connectivity index (χ3n) is 15.6. The van der Waals surface area contributed by atoms with E-state index in [-0.39, 0.29) is 19.3 Å². The van der Waals surface area contributed by atoms with E-state index in [1.165, 1.54) is 0 Å². The molecule has 21 heteroatoms. The van der Waals surface area contributed by atoms with Crippen LogP contribution in [0.5, 0.6) is 5.75 Å². The van der Waals surface area contributed by atoms with Gasteiger partial charge in [0.05, 0.1) is 13.2 Å². The van der Waals surface area contributed by atoms with Gasteiger partial charge in [0.1, 0.15) is 58.2 Å². The number of ether oxygens (including phenoxy) is 2. The Morgan fingerprint density at radius 3 is 1.02 bits per heavy atom. The van der Waals surface area contributed by atoms with Crippen LogP contribution in [0.2, 0.25) is 0 Å². The normalized spacial score (nSPS) is 13.2. The number of hydrogen-bond donors (Lipinski definition) is 10. The van der Waals surface area contributed by atoms with E-state index in [1.54, 1.807) is 45.0 Å². The highest BCUT2D eigenvalue weighted by Gasteiger charge is 2.41. The molecule has 0 saturated heterocycles. The largest absolute Gasteiger partial charge is 0.488 e. The zero-order valence-electron chi connectivity index (χ0n) is 54.8. The lowest BCUT2D eigenvalue weighted by Gasteiger charge is -2.37. The van der Waals surface area contributed by atoms with Gasteiger partial charge < -0.3 is 62.6 Å². The molecule has 0 bridgehead atoms. The molecule has 21 nitrogen and oxygen atoms in total. The van der Waals surface area contributed by atoms with Crippen LogP contribution < -0.4 is 47.7 Å². The number of aliphatic hydroxyl groups is 1. The molecular weight excluding hydrogens is 1220 g/mol. The van der Waals surface area contributed by atoms with Crippen LogP contribution in [0.1, 0.15) is 119 Å². The number of rotatable bonds is 32. The highest BCUT2D eigenvalue weighted by molar-refractivity contribution is 5.97. The lowest BCUT2D eigenvalue weighted by molar-refractivity contribution is -0.155. The van der Waals surface area contributed by atoms with Gasteiger partial charge in [0.2, 0.25) is 41.4 Å². The summed E-state index contributed by atoms with van der Waals surface area (Å²) in [6, 6.07) is 53.5. The smallest absolute Gasteiger partial charge is 0.328 e. The third-order valence-corrected chi connectivity index (χ3v) is 15.6. The predicted molar refractivity (Wildman–Crippen MR) is 362 cm³/mol. The quantitative estimate of drug-likeness (QED) is 0.0154. The second-order valence-corrected chi connectivity index (χ2v) is 25.1. The van der Waals surface area contributed by atoms with E-state index in [1.807, 2.05) is 203 Å². The van der Waals surface area contributed by atoms with Gasteiger partial charge >= 0.3 is 11.9 Å². The summed E-state index contributed by atoms with van der Waals surface area (Å²) < 4.78 is 11.5. The van der Waals surface area contributed by atoms with E-state index in [0.717, 1.165) is 0 Å². The molecule has 0 aliphatic carbocycles. The number of carbonyl (C=O) groups excluding carboxylic acids is 8. The number of carboxylic acid groups (broad SMARTS) is 1. The molecule has 0 saturated carbocycles. The van der Waals surface area contributed by atoms with Gasteiger partial charge in [-0.1, -0.05) is 194 Å². The second kappa shape index (κ2) is 34.1. The van der Waals surface area contributed by atoms with Gasteiger partial charge in [-0.3, -0.25) is 38.4 Å². The van der Waals surface area contributed by atoms with Crippen LogP contribution in [0.15, 0.2) is 206 Å². The Labute approximate surface area is 559 Å². The average molecular weight is 1310 g/mol. The summed E-state index contributed by atoms with van der Waals surface area (Å²) in [6.07, 6.45) is -2.89. The van der Waals surface area contributed by atoms with E-state index < -0.39 is 145 Å². The predicted octanol–water partition coefficient (Wildman–Crippen LogP) is 6.76. The zero-order valence-corrected chi connectivity index (χ0v) is 54.8. The van der Waals surface area contributed by atoms with Gasteiger partial charge in [0.25, 0.3) is 0 Å². The lowest BCUT2D eigenvalue weighted by Crippen LogP contribution is -2.59. The fourth-order valence-corrected chi connectivity index (χ4v) is 11.1. The third kappa shape index (κ3) is 20.5. The average Bonchev–Trinajstić information content (AvgIpc) is 0.763. The summed E-state index contributed by atoms with van der Waals surface area (Å²) in [6.45, 7) is 8.98. The number of nitrogens with two attached hydrogens (primary N) is 1. The number of carbonyl (C=O) groups is 9. The van der Waals surface area contributed by atoms with Crippen molar-refractivity contribution < 1.29 is 62.8 Å². The van der Waals surface area contributed by atoms with Crippen LogP contribution in [-0.4, -0.2) is 118 Å². The first-order valence-corrected chi connectivity index (χ1v) is 31.8.